The van der Waals surface area contributed by atoms with Crippen molar-refractivity contribution in [1.82, 2.24) is 0 Å². The van der Waals surface area contributed by atoms with Gasteiger partial charge in [-0.3, -0.25) is 19.2 Å². The molecule has 39 heavy (non-hydrogen) atoms. The number of aromatic hydroxyl groups is 1. The zero-order chi connectivity index (χ0) is 29.6. The van der Waals surface area contributed by atoms with Crippen molar-refractivity contribution in [2.45, 2.75) is 73.3 Å². The molecule has 4 N–H and O–H groups in total. The Morgan fingerprint density at radius 3 is 2.13 bits per heavy atom. The second-order valence-corrected chi connectivity index (χ2v) is 12.5. The summed E-state index contributed by atoms with van der Waals surface area (Å²) in [6.45, 7) is 13.1. The van der Waals surface area contributed by atoms with Gasteiger partial charge in [0.15, 0.2) is 17.2 Å². The van der Waals surface area contributed by atoms with Gasteiger partial charge in [0, 0.05) is 34.7 Å². The second-order valence-electron chi connectivity index (χ2n) is 12.5. The highest BCUT2D eigenvalue weighted by Gasteiger charge is 2.76. The molecule has 0 aliphatic heterocycles. The van der Waals surface area contributed by atoms with Gasteiger partial charge in [0.25, 0.3) is 0 Å². The lowest BCUT2D eigenvalue weighted by atomic mass is 9.37. The van der Waals surface area contributed by atoms with Crippen molar-refractivity contribution in [3.8, 4) is 5.75 Å². The minimum atomic E-state index is -2.79. The van der Waals surface area contributed by atoms with Gasteiger partial charge in [-0.1, -0.05) is 60.6 Å². The van der Waals surface area contributed by atoms with E-state index in [0.29, 0.717) is 5.56 Å². The average Bonchev–Trinajstić information content (AvgIpc) is 2.82. The van der Waals surface area contributed by atoms with Gasteiger partial charge in [-0.2, -0.15) is 0 Å². The molecule has 4 rings (SSSR count). The number of rotatable bonds is 5. The molecule has 3 aliphatic carbocycles. The summed E-state index contributed by atoms with van der Waals surface area (Å²) in [7, 11) is 0. The number of carbonyl (C=O) groups excluding carboxylic acids is 4. The van der Waals surface area contributed by atoms with Gasteiger partial charge in [0.1, 0.15) is 28.6 Å². The summed E-state index contributed by atoms with van der Waals surface area (Å²) in [4.78, 5) is 54.5. The molecule has 0 radical (unpaired) electrons. The van der Waals surface area contributed by atoms with E-state index in [9.17, 15) is 39.6 Å². The second kappa shape index (κ2) is 8.88. The predicted molar refractivity (Wildman–Crippen MR) is 144 cm³/mol. The number of allylic oxidation sites excluding steroid dienone is 1. The quantitative estimate of drug-likeness (QED) is 0.398. The van der Waals surface area contributed by atoms with Crippen molar-refractivity contribution in [1.29, 1.82) is 0 Å². The van der Waals surface area contributed by atoms with Crippen molar-refractivity contribution >= 4 is 28.9 Å². The molecule has 6 atom stereocenters. The van der Waals surface area contributed by atoms with Crippen LogP contribution < -0.4 is 0 Å². The van der Waals surface area contributed by atoms with Gasteiger partial charge >= 0.3 is 0 Å². The lowest BCUT2D eigenvalue weighted by Crippen LogP contribution is -2.73. The van der Waals surface area contributed by atoms with Gasteiger partial charge in [-0.25, -0.2) is 0 Å². The first-order chi connectivity index (χ1) is 17.9. The molecule has 1 fully saturated rings. The number of fused-ring (bicyclic) bond motifs is 3. The molecular weight excluding hydrogens is 500 g/mol. The summed E-state index contributed by atoms with van der Waals surface area (Å²) in [6, 6.07) is 4.72. The zero-order valence-electron chi connectivity index (χ0n) is 23.7. The standard InChI is InChI=1S/C31H38O8/c1-13(2)19(34)12-20-29(7)15(5)17-10-9-11-18(33)22(17)26(36)24(29)28(38)31(39)27(37)21(16(6)32)25(35)23(14(3)4)30(20,31)8/h9-11,13-15,20,23,33,36-37,39H,12H2,1-8H3/t15-,20-,23?,29-,30-,31+/m1/s1. The number of benzene rings is 1. The molecule has 0 heterocycles. The lowest BCUT2D eigenvalue weighted by Gasteiger charge is -2.65. The van der Waals surface area contributed by atoms with E-state index in [4.69, 9.17) is 0 Å². The van der Waals surface area contributed by atoms with Gasteiger partial charge in [-0.05, 0) is 36.3 Å². The first-order valence-electron chi connectivity index (χ1n) is 13.5. The van der Waals surface area contributed by atoms with Crippen molar-refractivity contribution in [3.63, 3.8) is 0 Å². The zero-order valence-corrected chi connectivity index (χ0v) is 23.7. The molecule has 8 heteroatoms. The van der Waals surface area contributed by atoms with Crippen LogP contribution in [0.5, 0.6) is 5.75 Å². The topological polar surface area (TPSA) is 149 Å². The Labute approximate surface area is 228 Å². The van der Waals surface area contributed by atoms with E-state index in [-0.39, 0.29) is 29.1 Å². The molecule has 1 aromatic carbocycles. The monoisotopic (exact) mass is 538 g/mol. The van der Waals surface area contributed by atoms with Crippen LogP contribution >= 0.6 is 0 Å². The molecule has 1 unspecified atom stereocenters. The molecule has 0 amide bonds. The van der Waals surface area contributed by atoms with Crippen LogP contribution in [0.25, 0.3) is 5.76 Å². The van der Waals surface area contributed by atoms with Crippen LogP contribution in [0.15, 0.2) is 35.1 Å². The Morgan fingerprint density at radius 2 is 1.62 bits per heavy atom. The summed E-state index contributed by atoms with van der Waals surface area (Å²) in [5.74, 6) is -8.07. The third-order valence-corrected chi connectivity index (χ3v) is 10.1. The minimum absolute atomic E-state index is 0.0366. The SMILES string of the molecule is CC(=O)C1=C(O)[C@]2(O)C(=O)C3=C(O)c4c(O)cccc4[C@@H](C)[C@]3(C)[C@@H](CC(=O)C(C)C)[C@]2(C)C(C(C)C)C1=O. The van der Waals surface area contributed by atoms with Crippen LogP contribution in [0.4, 0.5) is 0 Å². The summed E-state index contributed by atoms with van der Waals surface area (Å²) < 4.78 is 0. The highest BCUT2D eigenvalue weighted by atomic mass is 16.3. The smallest absolute Gasteiger partial charge is 0.203 e. The van der Waals surface area contributed by atoms with Crippen molar-refractivity contribution in [3.05, 3.63) is 46.2 Å². The Kier molecular flexibility index (Phi) is 6.54. The summed E-state index contributed by atoms with van der Waals surface area (Å²) in [5.41, 5.74) is -6.12. The number of aliphatic hydroxyl groups is 3. The molecule has 8 nitrogen and oxygen atoms in total. The normalized spacial score (nSPS) is 34.3. The Morgan fingerprint density at radius 1 is 1.03 bits per heavy atom. The molecule has 0 saturated heterocycles. The largest absolute Gasteiger partial charge is 0.508 e. The van der Waals surface area contributed by atoms with Crippen LogP contribution in [-0.2, 0) is 19.2 Å². The van der Waals surface area contributed by atoms with Crippen molar-refractivity contribution < 1.29 is 39.6 Å². The number of carbonyl (C=O) groups is 4. The van der Waals surface area contributed by atoms with Crippen LogP contribution in [0.2, 0.25) is 0 Å². The van der Waals surface area contributed by atoms with Gasteiger partial charge in [0.2, 0.25) is 5.78 Å². The molecule has 0 spiro atoms. The number of ketones is 4. The molecule has 0 bridgehead atoms. The summed E-state index contributed by atoms with van der Waals surface area (Å²) >= 11 is 0. The third kappa shape index (κ3) is 3.33. The molecule has 3 aliphatic rings. The lowest BCUT2D eigenvalue weighted by molar-refractivity contribution is -0.199. The Hall–Kier alpha value is -3.26. The highest BCUT2D eigenvalue weighted by Crippen LogP contribution is 2.71. The maximum Gasteiger partial charge on any atom is 0.203 e. The molecular formula is C31H38O8. The maximum absolute atomic E-state index is 14.6. The number of Topliss-reactive ketones (excluding diaryl/α,β-unsaturated/α-hetero) is 4. The fourth-order valence-corrected chi connectivity index (χ4v) is 7.95. The Bertz CT molecular complexity index is 1380. The van der Waals surface area contributed by atoms with E-state index in [2.05, 4.69) is 0 Å². The first kappa shape index (κ1) is 28.7. The van der Waals surface area contributed by atoms with Crippen molar-refractivity contribution in [2.24, 2.45) is 34.5 Å². The van der Waals surface area contributed by atoms with Crippen molar-refractivity contribution in [2.75, 3.05) is 0 Å². The van der Waals surface area contributed by atoms with E-state index in [1.165, 1.54) is 6.07 Å². The summed E-state index contributed by atoms with van der Waals surface area (Å²) in [5, 5.41) is 46.2. The van der Waals surface area contributed by atoms with Crippen LogP contribution in [-0.4, -0.2) is 49.2 Å². The molecule has 1 saturated carbocycles. The highest BCUT2D eigenvalue weighted by molar-refractivity contribution is 6.24. The van der Waals surface area contributed by atoms with E-state index in [1.807, 2.05) is 6.92 Å². The number of hydrogen-bond donors (Lipinski definition) is 4. The molecule has 0 aromatic heterocycles. The molecule has 210 valence electrons. The van der Waals surface area contributed by atoms with Crippen LogP contribution in [0.3, 0.4) is 0 Å². The third-order valence-electron chi connectivity index (χ3n) is 10.1. The van der Waals surface area contributed by atoms with Gasteiger partial charge < -0.3 is 20.4 Å². The first-order valence-corrected chi connectivity index (χ1v) is 13.5. The van der Waals surface area contributed by atoms with Gasteiger partial charge in [0.05, 0.1) is 5.56 Å². The van der Waals surface area contributed by atoms with Crippen LogP contribution in [0, 0.1) is 34.5 Å². The number of phenolic OH excluding ortho intramolecular Hbond substituents is 1. The number of phenols is 1. The maximum atomic E-state index is 14.6. The van der Waals surface area contributed by atoms with E-state index in [1.54, 1.807) is 53.7 Å². The average molecular weight is 539 g/mol. The minimum Gasteiger partial charge on any atom is -0.508 e. The fraction of sp³-hybridized carbons (Fsp3) is 0.548. The van der Waals surface area contributed by atoms with E-state index >= 15 is 0 Å². The summed E-state index contributed by atoms with van der Waals surface area (Å²) in [6.07, 6.45) is -0.158. The molecule has 1 aromatic rings. The van der Waals surface area contributed by atoms with Crippen LogP contribution in [0.1, 0.15) is 78.9 Å². The Balaban J connectivity index is 2.23. The number of hydrogen-bond acceptors (Lipinski definition) is 8. The number of aliphatic hydroxyl groups excluding tert-OH is 2. The van der Waals surface area contributed by atoms with E-state index < -0.39 is 80.5 Å². The predicted octanol–water partition coefficient (Wildman–Crippen LogP) is 4.59. The van der Waals surface area contributed by atoms with E-state index in [0.717, 1.165) is 6.92 Å². The fourth-order valence-electron chi connectivity index (χ4n) is 7.95. The van der Waals surface area contributed by atoms with Gasteiger partial charge in [-0.15, -0.1) is 0 Å².